The molecule has 0 radical (unpaired) electrons. The Kier molecular flexibility index (Phi) is 9.28. The highest BCUT2D eigenvalue weighted by molar-refractivity contribution is 8.00. The monoisotopic (exact) mass is 557 g/mol. The van der Waals surface area contributed by atoms with Crippen molar-refractivity contribution in [1.29, 1.82) is 0 Å². The second kappa shape index (κ2) is 12.8. The fraction of sp³-hybridized carbons (Fsp3) is 0.385. The van der Waals surface area contributed by atoms with E-state index < -0.39 is 46.5 Å². The number of nitrogens with one attached hydrogen (secondary N) is 1. The molecule has 12 nitrogen and oxygen atoms in total. The standard InChI is InChI=1S/C26H27N3O9S/c30-19(20-7-4-12-37-20)15-39-25-22(27-21(31)13-16-5-2-1-3-6-16)23(32)28(25)24(33)26(34)38-14-17-8-10-18(11-9-17)29(35)36/h1-3,5-6,8-11,20,22,24-25,33H,4,7,12-15H2,(H,27,31). The Bertz CT molecular complexity index is 1220. The molecule has 2 aliphatic heterocycles. The number of β-lactam (4-membered cyclic amide) rings is 1. The van der Waals surface area contributed by atoms with E-state index in [-0.39, 0.29) is 30.3 Å². The van der Waals surface area contributed by atoms with Gasteiger partial charge in [-0.25, -0.2) is 4.79 Å². The first-order chi connectivity index (χ1) is 18.7. The van der Waals surface area contributed by atoms with Gasteiger partial charge in [-0.15, -0.1) is 11.8 Å². The maximum atomic E-state index is 12.9. The number of nitro groups is 1. The van der Waals surface area contributed by atoms with E-state index in [1.165, 1.54) is 24.3 Å². The molecule has 4 rings (SSSR count). The van der Waals surface area contributed by atoms with Gasteiger partial charge in [0, 0.05) is 18.7 Å². The Morgan fingerprint density at radius 2 is 1.87 bits per heavy atom. The van der Waals surface area contributed by atoms with Crippen molar-refractivity contribution in [1.82, 2.24) is 10.2 Å². The van der Waals surface area contributed by atoms with Crippen molar-refractivity contribution in [3.05, 3.63) is 75.8 Å². The molecular formula is C26H27N3O9S. The van der Waals surface area contributed by atoms with Crippen molar-refractivity contribution in [2.45, 2.75) is 49.6 Å². The van der Waals surface area contributed by atoms with Gasteiger partial charge in [-0.3, -0.25) is 29.4 Å². The molecule has 0 aliphatic carbocycles. The third kappa shape index (κ3) is 6.99. The number of ketones is 1. The molecule has 2 amide bonds. The smallest absolute Gasteiger partial charge is 0.356 e. The Morgan fingerprint density at radius 1 is 1.15 bits per heavy atom. The second-order valence-electron chi connectivity index (χ2n) is 9.03. The number of likely N-dealkylation sites (tertiary alicyclic amines) is 1. The Labute approximate surface area is 227 Å². The second-order valence-corrected chi connectivity index (χ2v) is 10.1. The van der Waals surface area contributed by atoms with Gasteiger partial charge in [-0.1, -0.05) is 30.3 Å². The zero-order valence-electron chi connectivity index (χ0n) is 20.8. The summed E-state index contributed by atoms with van der Waals surface area (Å²) >= 11 is 1.02. The van der Waals surface area contributed by atoms with Crippen LogP contribution >= 0.6 is 11.8 Å². The molecule has 4 atom stereocenters. The van der Waals surface area contributed by atoms with Gasteiger partial charge in [0.2, 0.25) is 12.1 Å². The summed E-state index contributed by atoms with van der Waals surface area (Å²) in [5.74, 6) is -2.47. The van der Waals surface area contributed by atoms with Crippen LogP contribution in [-0.4, -0.2) is 74.6 Å². The number of carbonyl (C=O) groups is 4. The molecule has 0 saturated carbocycles. The number of aliphatic hydroxyl groups excluding tert-OH is 1. The fourth-order valence-electron chi connectivity index (χ4n) is 4.21. The Morgan fingerprint density at radius 3 is 2.51 bits per heavy atom. The lowest BCUT2D eigenvalue weighted by Gasteiger charge is -2.47. The number of esters is 1. The summed E-state index contributed by atoms with van der Waals surface area (Å²) in [6, 6.07) is 13.2. The topological polar surface area (TPSA) is 165 Å². The molecule has 0 bridgehead atoms. The predicted octanol–water partition coefficient (Wildman–Crippen LogP) is 1.33. The van der Waals surface area contributed by atoms with Gasteiger partial charge in [0.05, 0.1) is 17.1 Å². The van der Waals surface area contributed by atoms with E-state index in [9.17, 15) is 34.4 Å². The molecule has 2 fully saturated rings. The summed E-state index contributed by atoms with van der Waals surface area (Å²) in [5, 5.41) is 23.2. The molecule has 39 heavy (non-hydrogen) atoms. The number of ether oxygens (including phenoxy) is 2. The Balaban J connectivity index is 1.39. The molecular weight excluding hydrogens is 530 g/mol. The number of rotatable bonds is 12. The van der Waals surface area contributed by atoms with E-state index in [4.69, 9.17) is 9.47 Å². The highest BCUT2D eigenvalue weighted by atomic mass is 32.2. The minimum Gasteiger partial charge on any atom is -0.457 e. The summed E-state index contributed by atoms with van der Waals surface area (Å²) in [5.41, 5.74) is 1.05. The van der Waals surface area contributed by atoms with Crippen molar-refractivity contribution in [3.8, 4) is 0 Å². The van der Waals surface area contributed by atoms with E-state index in [0.717, 1.165) is 28.6 Å². The van der Waals surface area contributed by atoms with Crippen molar-refractivity contribution in [2.75, 3.05) is 12.4 Å². The van der Waals surface area contributed by atoms with Crippen molar-refractivity contribution >= 4 is 41.0 Å². The van der Waals surface area contributed by atoms with Crippen LogP contribution < -0.4 is 5.32 Å². The van der Waals surface area contributed by atoms with Crippen molar-refractivity contribution in [3.63, 3.8) is 0 Å². The number of non-ortho nitro benzene ring substituents is 1. The number of amides is 2. The van der Waals surface area contributed by atoms with E-state index in [1.807, 2.05) is 6.07 Å². The van der Waals surface area contributed by atoms with E-state index in [1.54, 1.807) is 24.3 Å². The average molecular weight is 558 g/mol. The van der Waals surface area contributed by atoms with Crippen LogP contribution in [-0.2, 0) is 41.7 Å². The number of Topliss-reactive ketones (excluding diaryl/α,β-unsaturated/α-hetero) is 1. The first-order valence-electron chi connectivity index (χ1n) is 12.2. The van der Waals surface area contributed by atoms with E-state index >= 15 is 0 Å². The van der Waals surface area contributed by atoms with Gasteiger partial charge in [-0.05, 0) is 36.1 Å². The zero-order chi connectivity index (χ0) is 27.9. The summed E-state index contributed by atoms with van der Waals surface area (Å²) < 4.78 is 10.5. The summed E-state index contributed by atoms with van der Waals surface area (Å²) in [6.07, 6.45) is -1.12. The maximum absolute atomic E-state index is 12.9. The SMILES string of the molecule is O=C(Cc1ccccc1)NC1C(=O)N(C(O)C(=O)OCc2ccc([N+](=O)[O-])cc2)C1SCC(=O)C1CCCO1. The molecule has 0 spiro atoms. The van der Waals surface area contributed by atoms with Gasteiger partial charge in [-0.2, -0.15) is 0 Å². The molecule has 13 heteroatoms. The number of nitro benzene ring substituents is 1. The molecule has 2 aromatic carbocycles. The molecule has 2 aliphatic rings. The van der Waals surface area contributed by atoms with Crippen LogP contribution in [0.3, 0.4) is 0 Å². The molecule has 4 unspecified atom stereocenters. The van der Waals surface area contributed by atoms with Crippen LogP contribution in [0.25, 0.3) is 0 Å². The lowest BCUT2D eigenvalue weighted by Crippen LogP contribution is -2.73. The quantitative estimate of drug-likeness (QED) is 0.168. The third-order valence-electron chi connectivity index (χ3n) is 6.29. The number of thioether (sulfide) groups is 1. The molecule has 0 aromatic heterocycles. The zero-order valence-corrected chi connectivity index (χ0v) is 21.6. The van der Waals surface area contributed by atoms with Gasteiger partial charge >= 0.3 is 5.97 Å². The van der Waals surface area contributed by atoms with E-state index in [2.05, 4.69) is 5.32 Å². The minimum atomic E-state index is -1.98. The molecule has 2 aromatic rings. The fourth-order valence-corrected chi connectivity index (χ4v) is 5.49. The van der Waals surface area contributed by atoms with Gasteiger partial charge < -0.3 is 19.9 Å². The van der Waals surface area contributed by atoms with Crippen LogP contribution in [0.1, 0.15) is 24.0 Å². The van der Waals surface area contributed by atoms with Gasteiger partial charge in [0.25, 0.3) is 11.6 Å². The number of carbonyl (C=O) groups excluding carboxylic acids is 4. The first kappa shape index (κ1) is 28.2. The average Bonchev–Trinajstić information content (AvgIpc) is 3.48. The normalized spacial score (nSPS) is 21.1. The largest absolute Gasteiger partial charge is 0.457 e. The van der Waals surface area contributed by atoms with Crippen LogP contribution in [0.15, 0.2) is 54.6 Å². The number of nitrogens with zero attached hydrogens (tertiary/aromatic N) is 2. The summed E-state index contributed by atoms with van der Waals surface area (Å²) in [4.78, 5) is 61.8. The molecule has 2 heterocycles. The van der Waals surface area contributed by atoms with Crippen LogP contribution in [0.2, 0.25) is 0 Å². The molecule has 2 saturated heterocycles. The first-order valence-corrected chi connectivity index (χ1v) is 13.3. The van der Waals surface area contributed by atoms with E-state index in [0.29, 0.717) is 18.6 Å². The highest BCUT2D eigenvalue weighted by Gasteiger charge is 2.53. The number of aliphatic hydroxyl groups is 1. The summed E-state index contributed by atoms with van der Waals surface area (Å²) in [6.45, 7) is 0.203. The summed E-state index contributed by atoms with van der Waals surface area (Å²) in [7, 11) is 0. The highest BCUT2D eigenvalue weighted by Crippen LogP contribution is 2.33. The molecule has 206 valence electrons. The van der Waals surface area contributed by atoms with Crippen LogP contribution in [0.5, 0.6) is 0 Å². The minimum absolute atomic E-state index is 0.0245. The third-order valence-corrected chi connectivity index (χ3v) is 7.58. The van der Waals surface area contributed by atoms with Crippen molar-refractivity contribution < 1.29 is 38.7 Å². The number of hydrogen-bond donors (Lipinski definition) is 2. The number of benzene rings is 2. The maximum Gasteiger partial charge on any atom is 0.356 e. The van der Waals surface area contributed by atoms with Crippen LogP contribution in [0.4, 0.5) is 5.69 Å². The predicted molar refractivity (Wildman–Crippen MR) is 138 cm³/mol. The lowest BCUT2D eigenvalue weighted by atomic mass is 10.1. The van der Waals surface area contributed by atoms with Gasteiger partial charge in [0.1, 0.15) is 24.1 Å². The van der Waals surface area contributed by atoms with Crippen LogP contribution in [0, 0.1) is 10.1 Å². The Hall–Kier alpha value is -3.81. The molecule has 2 N–H and O–H groups in total. The number of hydrogen-bond acceptors (Lipinski definition) is 10. The lowest BCUT2D eigenvalue weighted by molar-refractivity contribution is -0.384. The van der Waals surface area contributed by atoms with Crippen molar-refractivity contribution in [2.24, 2.45) is 0 Å². The van der Waals surface area contributed by atoms with Gasteiger partial charge in [0.15, 0.2) is 5.78 Å².